The Kier molecular flexibility index (Phi) is 2.98. The first-order chi connectivity index (χ1) is 3.66. The number of allylic oxidation sites excluding steroid dienone is 1. The number of nitrogens with two attached hydrogens (primary N) is 1. The molecule has 0 spiro atoms. The Bertz CT molecular complexity index is 124. The second-order valence-corrected chi connectivity index (χ2v) is 1.94. The van der Waals surface area contributed by atoms with Crippen LogP contribution >= 0.6 is 0 Å². The normalized spacial score (nSPS) is 11.8. The quantitative estimate of drug-likeness (QED) is 0.393. The van der Waals surface area contributed by atoms with Gasteiger partial charge in [-0.15, -0.1) is 6.42 Å². The second kappa shape index (κ2) is 3.29. The third-order valence-corrected chi connectivity index (χ3v) is 0.705. The van der Waals surface area contributed by atoms with Gasteiger partial charge >= 0.3 is 0 Å². The van der Waals surface area contributed by atoms with E-state index in [1.54, 1.807) is 0 Å². The largest absolute Gasteiger partial charge is 0.314 e. The van der Waals surface area contributed by atoms with Crippen LogP contribution in [0.1, 0.15) is 13.8 Å². The van der Waals surface area contributed by atoms with Gasteiger partial charge in [-0.1, -0.05) is 17.6 Å². The van der Waals surface area contributed by atoms with Crippen molar-refractivity contribution in [2.24, 2.45) is 5.73 Å². The van der Waals surface area contributed by atoms with Crippen molar-refractivity contribution in [1.29, 1.82) is 0 Å². The van der Waals surface area contributed by atoms with Crippen molar-refractivity contribution in [2.75, 3.05) is 0 Å². The Morgan fingerprint density at radius 3 is 2.38 bits per heavy atom. The average Bonchev–Trinajstić information content (AvgIpc) is 1.65. The summed E-state index contributed by atoms with van der Waals surface area (Å²) in [5.74, 6) is 2.40. The van der Waals surface area contributed by atoms with E-state index in [1.165, 1.54) is 0 Å². The molecule has 1 atom stereocenters. The molecule has 44 valence electrons. The van der Waals surface area contributed by atoms with Gasteiger partial charge in [0.15, 0.2) is 0 Å². The van der Waals surface area contributed by atoms with E-state index in [1.807, 2.05) is 19.9 Å². The minimum absolute atomic E-state index is 0.208. The summed E-state index contributed by atoms with van der Waals surface area (Å²) in [6, 6.07) is -0.208. The maximum Gasteiger partial charge on any atom is 0.0850 e. The zero-order valence-electron chi connectivity index (χ0n) is 5.31. The molecule has 0 aliphatic heterocycles. The number of rotatable bonds is 1. The van der Waals surface area contributed by atoms with E-state index in [2.05, 4.69) is 5.92 Å². The smallest absolute Gasteiger partial charge is 0.0850 e. The Morgan fingerprint density at radius 2 is 2.25 bits per heavy atom. The van der Waals surface area contributed by atoms with Crippen LogP contribution in [0.4, 0.5) is 0 Å². The fourth-order valence-corrected chi connectivity index (χ4v) is 0.407. The molecule has 0 fully saturated rings. The summed E-state index contributed by atoms with van der Waals surface area (Å²) in [5.41, 5.74) is 6.52. The highest BCUT2D eigenvalue weighted by molar-refractivity contribution is 5.12. The number of hydrogen-bond acceptors (Lipinski definition) is 1. The monoisotopic (exact) mass is 109 g/mol. The van der Waals surface area contributed by atoms with Crippen LogP contribution in [0.25, 0.3) is 0 Å². The first-order valence-corrected chi connectivity index (χ1v) is 2.53. The third-order valence-electron chi connectivity index (χ3n) is 0.705. The van der Waals surface area contributed by atoms with E-state index in [9.17, 15) is 0 Å². The predicted octanol–water partition coefficient (Wildman–Crippen LogP) is 0.913. The van der Waals surface area contributed by atoms with Gasteiger partial charge in [-0.05, 0) is 13.8 Å². The van der Waals surface area contributed by atoms with Crippen LogP contribution in [0.15, 0.2) is 11.6 Å². The van der Waals surface area contributed by atoms with Gasteiger partial charge < -0.3 is 5.73 Å². The zero-order valence-corrected chi connectivity index (χ0v) is 5.31. The minimum atomic E-state index is -0.208. The summed E-state index contributed by atoms with van der Waals surface area (Å²) in [6.07, 6.45) is 6.85. The standard InChI is InChI=1S/C7H11N/c1-4-7(8)5-6(2)3/h1,5,7H,8H2,2-3H3. The topological polar surface area (TPSA) is 26.0 Å². The van der Waals surface area contributed by atoms with E-state index >= 15 is 0 Å². The van der Waals surface area contributed by atoms with Gasteiger partial charge in [-0.25, -0.2) is 0 Å². The van der Waals surface area contributed by atoms with Crippen LogP contribution in [0.5, 0.6) is 0 Å². The summed E-state index contributed by atoms with van der Waals surface area (Å²) in [7, 11) is 0. The first kappa shape index (κ1) is 7.26. The van der Waals surface area contributed by atoms with Crippen molar-refractivity contribution >= 4 is 0 Å². The molecule has 1 heteroatoms. The molecular formula is C7H11N. The molecule has 0 saturated heterocycles. The minimum Gasteiger partial charge on any atom is -0.314 e. The second-order valence-electron chi connectivity index (χ2n) is 1.94. The highest BCUT2D eigenvalue weighted by atomic mass is 14.6. The van der Waals surface area contributed by atoms with Crippen molar-refractivity contribution in [3.05, 3.63) is 11.6 Å². The molecule has 0 rings (SSSR count). The lowest BCUT2D eigenvalue weighted by Gasteiger charge is -1.93. The van der Waals surface area contributed by atoms with Crippen molar-refractivity contribution in [3.63, 3.8) is 0 Å². The molecule has 8 heavy (non-hydrogen) atoms. The van der Waals surface area contributed by atoms with Crippen molar-refractivity contribution in [1.82, 2.24) is 0 Å². The maximum absolute atomic E-state index is 5.36. The van der Waals surface area contributed by atoms with Crippen LogP contribution in [-0.4, -0.2) is 6.04 Å². The summed E-state index contributed by atoms with van der Waals surface area (Å²) in [4.78, 5) is 0. The molecule has 0 heterocycles. The SMILES string of the molecule is C#CC(N)C=C(C)C. The van der Waals surface area contributed by atoms with Gasteiger partial charge in [0, 0.05) is 0 Å². The lowest BCUT2D eigenvalue weighted by molar-refractivity contribution is 1.05. The first-order valence-electron chi connectivity index (χ1n) is 2.53. The summed E-state index contributed by atoms with van der Waals surface area (Å²) < 4.78 is 0. The van der Waals surface area contributed by atoms with Crippen molar-refractivity contribution < 1.29 is 0 Å². The molecule has 0 aromatic rings. The zero-order chi connectivity index (χ0) is 6.57. The Morgan fingerprint density at radius 1 is 1.75 bits per heavy atom. The van der Waals surface area contributed by atoms with Crippen LogP contribution < -0.4 is 5.73 Å². The van der Waals surface area contributed by atoms with E-state index < -0.39 is 0 Å². The van der Waals surface area contributed by atoms with E-state index in [0.29, 0.717) is 0 Å². The van der Waals surface area contributed by atoms with E-state index in [0.717, 1.165) is 5.57 Å². The molecular weight excluding hydrogens is 98.1 g/mol. The van der Waals surface area contributed by atoms with Crippen LogP contribution in [0, 0.1) is 12.3 Å². The predicted molar refractivity (Wildman–Crippen MR) is 36.2 cm³/mol. The molecule has 2 N–H and O–H groups in total. The van der Waals surface area contributed by atoms with Gasteiger partial charge in [0.05, 0.1) is 6.04 Å². The molecule has 0 saturated carbocycles. The van der Waals surface area contributed by atoms with Gasteiger partial charge in [0.1, 0.15) is 0 Å². The molecule has 0 bridgehead atoms. The average molecular weight is 109 g/mol. The molecule has 0 aliphatic rings. The Hall–Kier alpha value is -0.740. The third kappa shape index (κ3) is 3.45. The lowest BCUT2D eigenvalue weighted by atomic mass is 10.2. The summed E-state index contributed by atoms with van der Waals surface area (Å²) >= 11 is 0. The van der Waals surface area contributed by atoms with Crippen LogP contribution in [0.2, 0.25) is 0 Å². The van der Waals surface area contributed by atoms with Crippen molar-refractivity contribution in [3.8, 4) is 12.3 Å². The fraction of sp³-hybridized carbons (Fsp3) is 0.429. The van der Waals surface area contributed by atoms with Crippen LogP contribution in [0.3, 0.4) is 0 Å². The highest BCUT2D eigenvalue weighted by Gasteiger charge is 1.86. The highest BCUT2D eigenvalue weighted by Crippen LogP contribution is 1.89. The van der Waals surface area contributed by atoms with Gasteiger partial charge in [-0.3, -0.25) is 0 Å². The Labute approximate surface area is 50.6 Å². The molecule has 0 aromatic carbocycles. The molecule has 0 aromatic heterocycles. The number of terminal acetylenes is 1. The van der Waals surface area contributed by atoms with E-state index in [4.69, 9.17) is 12.2 Å². The number of hydrogen-bond donors (Lipinski definition) is 1. The van der Waals surface area contributed by atoms with E-state index in [-0.39, 0.29) is 6.04 Å². The molecule has 0 radical (unpaired) electrons. The van der Waals surface area contributed by atoms with Gasteiger partial charge in [-0.2, -0.15) is 0 Å². The van der Waals surface area contributed by atoms with Crippen LogP contribution in [-0.2, 0) is 0 Å². The summed E-state index contributed by atoms with van der Waals surface area (Å²) in [5, 5.41) is 0. The van der Waals surface area contributed by atoms with Gasteiger partial charge in [0.25, 0.3) is 0 Å². The molecule has 0 aliphatic carbocycles. The molecule has 1 nitrogen and oxygen atoms in total. The van der Waals surface area contributed by atoms with Crippen molar-refractivity contribution in [2.45, 2.75) is 19.9 Å². The van der Waals surface area contributed by atoms with Gasteiger partial charge in [0.2, 0.25) is 0 Å². The maximum atomic E-state index is 5.36. The lowest BCUT2D eigenvalue weighted by Crippen LogP contribution is -2.13. The molecule has 0 amide bonds. The Balaban J connectivity index is 3.74. The fourth-order valence-electron chi connectivity index (χ4n) is 0.407. The summed E-state index contributed by atoms with van der Waals surface area (Å²) in [6.45, 7) is 3.94. The molecule has 1 unspecified atom stereocenters.